The van der Waals surface area contributed by atoms with Crippen molar-refractivity contribution < 1.29 is 4.79 Å². The molecule has 16 heavy (non-hydrogen) atoms. The van der Waals surface area contributed by atoms with E-state index in [4.69, 9.17) is 17.3 Å². The molecular formula is C12H13ClN2O. The quantitative estimate of drug-likeness (QED) is 0.480. The fraction of sp³-hybridized carbons (Fsp3) is 0.250. The van der Waals surface area contributed by atoms with Crippen LogP contribution in [0.1, 0.15) is 23.7 Å². The minimum absolute atomic E-state index is 0.224. The summed E-state index contributed by atoms with van der Waals surface area (Å²) in [6, 6.07) is 4.98. The lowest BCUT2D eigenvalue weighted by Crippen LogP contribution is -2.25. The van der Waals surface area contributed by atoms with Crippen molar-refractivity contribution in [2.24, 2.45) is 0 Å². The number of hydrogen-bond acceptors (Lipinski definition) is 2. The molecule has 0 aliphatic heterocycles. The van der Waals surface area contributed by atoms with Gasteiger partial charge in [0.05, 0.1) is 16.3 Å². The maximum absolute atomic E-state index is 11.7. The summed E-state index contributed by atoms with van der Waals surface area (Å²) in [5.74, 6) is 5.39. The number of benzene rings is 1. The third-order valence-electron chi connectivity index (χ3n) is 2.01. The van der Waals surface area contributed by atoms with E-state index in [9.17, 15) is 4.79 Å². The van der Waals surface area contributed by atoms with Crippen LogP contribution in [0.2, 0.25) is 5.02 Å². The number of hydrogen-bond donors (Lipinski definition) is 2. The molecule has 0 aromatic heterocycles. The zero-order valence-electron chi connectivity index (χ0n) is 9.01. The smallest absolute Gasteiger partial charge is 0.253 e. The molecule has 0 radical (unpaired) electrons. The molecule has 0 unspecified atom stereocenters. The van der Waals surface area contributed by atoms with Crippen molar-refractivity contribution >= 4 is 23.2 Å². The molecule has 0 aliphatic carbocycles. The number of nitrogen functional groups attached to an aromatic ring is 1. The average Bonchev–Trinajstić information content (AvgIpc) is 2.28. The van der Waals surface area contributed by atoms with Gasteiger partial charge in [-0.3, -0.25) is 4.79 Å². The number of carbonyl (C=O) groups is 1. The summed E-state index contributed by atoms with van der Waals surface area (Å²) >= 11 is 5.81. The lowest BCUT2D eigenvalue weighted by atomic mass is 10.1. The second kappa shape index (κ2) is 6.04. The first-order valence-electron chi connectivity index (χ1n) is 4.88. The van der Waals surface area contributed by atoms with E-state index in [0.717, 1.165) is 0 Å². The number of nitrogens with one attached hydrogen (secondary N) is 1. The molecule has 0 bridgehead atoms. The van der Waals surface area contributed by atoms with Crippen molar-refractivity contribution in [3.8, 4) is 11.8 Å². The monoisotopic (exact) mass is 236 g/mol. The van der Waals surface area contributed by atoms with Crippen LogP contribution >= 0.6 is 11.6 Å². The molecular weight excluding hydrogens is 224 g/mol. The Morgan fingerprint density at radius 1 is 1.56 bits per heavy atom. The van der Waals surface area contributed by atoms with Gasteiger partial charge in [-0.2, -0.15) is 0 Å². The van der Waals surface area contributed by atoms with Gasteiger partial charge >= 0.3 is 0 Å². The number of rotatable bonds is 3. The summed E-state index contributed by atoms with van der Waals surface area (Å²) < 4.78 is 0. The fourth-order valence-electron chi connectivity index (χ4n) is 1.19. The predicted octanol–water partition coefficient (Wildman–Crippen LogP) is 2.07. The molecule has 1 aromatic rings. The van der Waals surface area contributed by atoms with E-state index in [0.29, 0.717) is 29.2 Å². The van der Waals surface area contributed by atoms with Gasteiger partial charge in [0, 0.05) is 13.0 Å². The highest BCUT2D eigenvalue weighted by Crippen LogP contribution is 2.21. The topological polar surface area (TPSA) is 55.1 Å². The highest BCUT2D eigenvalue weighted by Gasteiger charge is 2.10. The molecule has 0 saturated carbocycles. The van der Waals surface area contributed by atoms with Gasteiger partial charge < -0.3 is 11.1 Å². The standard InChI is InChI=1S/C12H13ClN2O/c1-2-3-4-8-15-12(16)9-6-5-7-10(13)11(9)14/h5-7H,4,8,14H2,1H3,(H,15,16). The summed E-state index contributed by atoms with van der Waals surface area (Å²) in [5.41, 5.74) is 6.40. The van der Waals surface area contributed by atoms with Gasteiger partial charge in [0.15, 0.2) is 0 Å². The number of para-hydroxylation sites is 1. The number of anilines is 1. The molecule has 4 heteroatoms. The first-order chi connectivity index (χ1) is 7.66. The van der Waals surface area contributed by atoms with Crippen LogP contribution in [0.3, 0.4) is 0 Å². The normalized spacial score (nSPS) is 9.12. The molecule has 0 heterocycles. The van der Waals surface area contributed by atoms with Gasteiger partial charge in [-0.05, 0) is 19.1 Å². The first kappa shape index (κ1) is 12.4. The Bertz CT molecular complexity index is 446. The van der Waals surface area contributed by atoms with Gasteiger partial charge in [0.2, 0.25) is 0 Å². The van der Waals surface area contributed by atoms with E-state index in [1.54, 1.807) is 25.1 Å². The van der Waals surface area contributed by atoms with E-state index in [2.05, 4.69) is 17.2 Å². The van der Waals surface area contributed by atoms with Gasteiger partial charge in [-0.1, -0.05) is 17.7 Å². The molecule has 0 aliphatic rings. The summed E-state index contributed by atoms with van der Waals surface area (Å²) in [4.78, 5) is 11.7. The van der Waals surface area contributed by atoms with Crippen molar-refractivity contribution in [2.75, 3.05) is 12.3 Å². The predicted molar refractivity (Wildman–Crippen MR) is 66.3 cm³/mol. The minimum Gasteiger partial charge on any atom is -0.397 e. The van der Waals surface area contributed by atoms with E-state index in [1.165, 1.54) is 0 Å². The van der Waals surface area contributed by atoms with Crippen LogP contribution < -0.4 is 11.1 Å². The molecule has 1 amide bonds. The second-order valence-corrected chi connectivity index (χ2v) is 3.54. The van der Waals surface area contributed by atoms with Crippen LogP contribution in [0.5, 0.6) is 0 Å². The minimum atomic E-state index is -0.224. The van der Waals surface area contributed by atoms with Crippen molar-refractivity contribution in [3.63, 3.8) is 0 Å². The fourth-order valence-corrected chi connectivity index (χ4v) is 1.37. The maximum Gasteiger partial charge on any atom is 0.253 e. The molecule has 0 atom stereocenters. The van der Waals surface area contributed by atoms with Gasteiger partial charge in [-0.25, -0.2) is 0 Å². The summed E-state index contributed by atoms with van der Waals surface area (Å²) in [5, 5.41) is 3.11. The van der Waals surface area contributed by atoms with Crippen molar-refractivity contribution in [1.29, 1.82) is 0 Å². The van der Waals surface area contributed by atoms with Crippen LogP contribution in [0, 0.1) is 11.8 Å². The molecule has 3 nitrogen and oxygen atoms in total. The van der Waals surface area contributed by atoms with Crippen LogP contribution in [-0.2, 0) is 0 Å². The van der Waals surface area contributed by atoms with Crippen LogP contribution in [0.15, 0.2) is 18.2 Å². The number of amides is 1. The van der Waals surface area contributed by atoms with Crippen LogP contribution in [0.25, 0.3) is 0 Å². The third-order valence-corrected chi connectivity index (χ3v) is 2.34. The van der Waals surface area contributed by atoms with Crippen LogP contribution in [0.4, 0.5) is 5.69 Å². The van der Waals surface area contributed by atoms with Gasteiger partial charge in [0.25, 0.3) is 5.91 Å². The van der Waals surface area contributed by atoms with Crippen molar-refractivity contribution in [1.82, 2.24) is 5.32 Å². The van der Waals surface area contributed by atoms with E-state index in [-0.39, 0.29) is 5.91 Å². The average molecular weight is 237 g/mol. The summed E-state index contributed by atoms with van der Waals surface area (Å²) in [7, 11) is 0. The second-order valence-electron chi connectivity index (χ2n) is 3.13. The molecule has 0 fully saturated rings. The number of nitrogens with two attached hydrogens (primary N) is 1. The molecule has 1 aromatic carbocycles. The third kappa shape index (κ3) is 3.18. The molecule has 3 N–H and O–H groups in total. The Labute approximate surface area is 100.0 Å². The largest absolute Gasteiger partial charge is 0.397 e. The van der Waals surface area contributed by atoms with Gasteiger partial charge in [0.1, 0.15) is 0 Å². The van der Waals surface area contributed by atoms with E-state index in [1.807, 2.05) is 0 Å². The van der Waals surface area contributed by atoms with Crippen molar-refractivity contribution in [3.05, 3.63) is 28.8 Å². The highest BCUT2D eigenvalue weighted by molar-refractivity contribution is 6.33. The van der Waals surface area contributed by atoms with Crippen molar-refractivity contribution in [2.45, 2.75) is 13.3 Å². The summed E-state index contributed by atoms with van der Waals surface area (Å²) in [6.45, 7) is 2.27. The summed E-state index contributed by atoms with van der Waals surface area (Å²) in [6.07, 6.45) is 0.628. The Hall–Kier alpha value is -1.66. The highest BCUT2D eigenvalue weighted by atomic mass is 35.5. The van der Waals surface area contributed by atoms with Gasteiger partial charge in [-0.15, -0.1) is 11.8 Å². The molecule has 1 rings (SSSR count). The lowest BCUT2D eigenvalue weighted by molar-refractivity contribution is 0.0955. The molecule has 0 saturated heterocycles. The first-order valence-corrected chi connectivity index (χ1v) is 5.26. The number of carbonyl (C=O) groups excluding carboxylic acids is 1. The Balaban J connectivity index is 2.65. The van der Waals surface area contributed by atoms with E-state index < -0.39 is 0 Å². The SMILES string of the molecule is CC#CCCNC(=O)c1cccc(Cl)c1N. The van der Waals surface area contributed by atoms with E-state index >= 15 is 0 Å². The maximum atomic E-state index is 11.7. The lowest BCUT2D eigenvalue weighted by Gasteiger charge is -2.07. The Morgan fingerprint density at radius 2 is 2.31 bits per heavy atom. The Kier molecular flexibility index (Phi) is 4.68. The Morgan fingerprint density at radius 3 is 3.00 bits per heavy atom. The van der Waals surface area contributed by atoms with Crippen LogP contribution in [-0.4, -0.2) is 12.5 Å². The zero-order chi connectivity index (χ0) is 12.0. The molecule has 84 valence electrons. The zero-order valence-corrected chi connectivity index (χ0v) is 9.77. The number of halogens is 1. The molecule has 0 spiro atoms.